The van der Waals surface area contributed by atoms with Crippen LogP contribution in [0.25, 0.3) is 10.9 Å². The fourth-order valence-corrected chi connectivity index (χ4v) is 2.84. The molecule has 0 saturated carbocycles. The van der Waals surface area contributed by atoms with Crippen LogP contribution >= 0.6 is 0 Å². The van der Waals surface area contributed by atoms with Crippen LogP contribution in [0.4, 0.5) is 10.2 Å². The van der Waals surface area contributed by atoms with Crippen LogP contribution in [-0.4, -0.2) is 32.1 Å². The van der Waals surface area contributed by atoms with Gasteiger partial charge in [0.1, 0.15) is 11.6 Å². The molecule has 0 aliphatic carbocycles. The average molecular weight is 365 g/mol. The summed E-state index contributed by atoms with van der Waals surface area (Å²) < 4.78 is 13.3. The van der Waals surface area contributed by atoms with E-state index in [-0.39, 0.29) is 5.82 Å². The minimum atomic E-state index is -0.239. The van der Waals surface area contributed by atoms with Crippen LogP contribution < -0.4 is 15.5 Å². The van der Waals surface area contributed by atoms with E-state index < -0.39 is 0 Å². The van der Waals surface area contributed by atoms with Crippen molar-refractivity contribution in [2.24, 2.45) is 4.99 Å². The zero-order chi connectivity index (χ0) is 19.2. The van der Waals surface area contributed by atoms with Crippen molar-refractivity contribution in [3.63, 3.8) is 0 Å². The molecule has 0 fully saturated rings. The number of para-hydroxylation sites is 1. The SMILES string of the molecule is CN=C(NCc1cccc(F)c1)NCc1cc(N(C)C)nc2ccccc12. The molecule has 5 nitrogen and oxygen atoms in total. The smallest absolute Gasteiger partial charge is 0.191 e. The van der Waals surface area contributed by atoms with E-state index in [4.69, 9.17) is 0 Å². The number of aliphatic imine (C=N–C) groups is 1. The number of halogens is 1. The molecule has 0 aliphatic rings. The first-order chi connectivity index (χ1) is 13.1. The summed E-state index contributed by atoms with van der Waals surface area (Å²) in [7, 11) is 5.68. The Balaban J connectivity index is 1.72. The number of aromatic nitrogens is 1. The van der Waals surface area contributed by atoms with E-state index in [0.29, 0.717) is 19.0 Å². The maximum Gasteiger partial charge on any atom is 0.191 e. The van der Waals surface area contributed by atoms with Crippen molar-refractivity contribution in [1.82, 2.24) is 15.6 Å². The predicted octanol–water partition coefficient (Wildman–Crippen LogP) is 3.31. The number of nitrogens with one attached hydrogen (secondary N) is 2. The maximum absolute atomic E-state index is 13.3. The van der Waals surface area contributed by atoms with Crippen molar-refractivity contribution in [2.75, 3.05) is 26.0 Å². The molecule has 0 amide bonds. The first-order valence-corrected chi connectivity index (χ1v) is 8.82. The number of nitrogens with zero attached hydrogens (tertiary/aromatic N) is 3. The molecular weight excluding hydrogens is 341 g/mol. The summed E-state index contributed by atoms with van der Waals surface area (Å²) in [5.74, 6) is 1.33. The normalized spacial score (nSPS) is 11.5. The molecule has 3 rings (SSSR count). The van der Waals surface area contributed by atoms with Gasteiger partial charge in [0.25, 0.3) is 0 Å². The van der Waals surface area contributed by atoms with E-state index in [1.54, 1.807) is 13.1 Å². The third-order valence-corrected chi connectivity index (χ3v) is 4.27. The first kappa shape index (κ1) is 18.6. The Kier molecular flexibility index (Phi) is 5.86. The third kappa shape index (κ3) is 4.73. The monoisotopic (exact) mass is 365 g/mol. The van der Waals surface area contributed by atoms with Gasteiger partial charge in [-0.1, -0.05) is 30.3 Å². The van der Waals surface area contributed by atoms with Gasteiger partial charge in [-0.2, -0.15) is 0 Å². The van der Waals surface area contributed by atoms with Crippen molar-refractivity contribution in [3.05, 3.63) is 71.5 Å². The minimum absolute atomic E-state index is 0.239. The Hall–Kier alpha value is -3.15. The van der Waals surface area contributed by atoms with Gasteiger partial charge in [-0.25, -0.2) is 9.37 Å². The summed E-state index contributed by atoms with van der Waals surface area (Å²) in [5.41, 5.74) is 2.96. The second-order valence-electron chi connectivity index (χ2n) is 6.46. The quantitative estimate of drug-likeness (QED) is 0.538. The molecule has 0 atom stereocenters. The summed E-state index contributed by atoms with van der Waals surface area (Å²) in [6.07, 6.45) is 0. The Morgan fingerprint density at radius 3 is 2.56 bits per heavy atom. The van der Waals surface area contributed by atoms with E-state index in [1.165, 1.54) is 12.1 Å². The number of guanidine groups is 1. The summed E-state index contributed by atoms with van der Waals surface area (Å²) in [5, 5.41) is 7.65. The Morgan fingerprint density at radius 1 is 1.04 bits per heavy atom. The van der Waals surface area contributed by atoms with Gasteiger partial charge in [0.05, 0.1) is 5.52 Å². The van der Waals surface area contributed by atoms with Crippen LogP contribution in [0.1, 0.15) is 11.1 Å². The molecule has 1 heterocycles. The molecule has 6 heteroatoms. The van der Waals surface area contributed by atoms with E-state index in [0.717, 1.165) is 27.8 Å². The molecule has 0 saturated heterocycles. The van der Waals surface area contributed by atoms with Gasteiger partial charge in [0.2, 0.25) is 0 Å². The van der Waals surface area contributed by atoms with E-state index in [2.05, 4.69) is 32.7 Å². The predicted molar refractivity (Wildman–Crippen MR) is 110 cm³/mol. The molecule has 140 valence electrons. The lowest BCUT2D eigenvalue weighted by Crippen LogP contribution is -2.36. The van der Waals surface area contributed by atoms with Crippen molar-refractivity contribution >= 4 is 22.7 Å². The minimum Gasteiger partial charge on any atom is -0.363 e. The number of hydrogen-bond acceptors (Lipinski definition) is 3. The fraction of sp³-hybridized carbons (Fsp3) is 0.238. The molecular formula is C21H24FN5. The summed E-state index contributed by atoms with van der Waals surface area (Å²) in [4.78, 5) is 10.9. The first-order valence-electron chi connectivity index (χ1n) is 8.82. The van der Waals surface area contributed by atoms with Crippen molar-refractivity contribution in [2.45, 2.75) is 13.1 Å². The largest absolute Gasteiger partial charge is 0.363 e. The van der Waals surface area contributed by atoms with Crippen LogP contribution in [0.15, 0.2) is 59.6 Å². The topological polar surface area (TPSA) is 52.6 Å². The Bertz CT molecular complexity index is 952. The molecule has 0 spiro atoms. The lowest BCUT2D eigenvalue weighted by Gasteiger charge is -2.17. The number of rotatable bonds is 5. The van der Waals surface area contributed by atoms with Gasteiger partial charge in [-0.15, -0.1) is 0 Å². The molecule has 0 unspecified atom stereocenters. The zero-order valence-electron chi connectivity index (χ0n) is 15.8. The van der Waals surface area contributed by atoms with Gasteiger partial charge >= 0.3 is 0 Å². The number of fused-ring (bicyclic) bond motifs is 1. The average Bonchev–Trinajstić information content (AvgIpc) is 2.67. The number of anilines is 1. The molecule has 0 radical (unpaired) electrons. The Morgan fingerprint density at radius 2 is 1.81 bits per heavy atom. The van der Waals surface area contributed by atoms with Gasteiger partial charge in [-0.05, 0) is 35.4 Å². The van der Waals surface area contributed by atoms with Crippen molar-refractivity contribution in [3.8, 4) is 0 Å². The Labute approximate surface area is 158 Å². The van der Waals surface area contributed by atoms with Crippen LogP contribution in [-0.2, 0) is 13.1 Å². The van der Waals surface area contributed by atoms with Gasteiger partial charge in [0.15, 0.2) is 5.96 Å². The van der Waals surface area contributed by atoms with Crippen LogP contribution in [0.5, 0.6) is 0 Å². The lowest BCUT2D eigenvalue weighted by molar-refractivity contribution is 0.624. The highest BCUT2D eigenvalue weighted by Crippen LogP contribution is 2.21. The van der Waals surface area contributed by atoms with Crippen LogP contribution in [0.3, 0.4) is 0 Å². The van der Waals surface area contributed by atoms with E-state index in [1.807, 2.05) is 43.3 Å². The molecule has 0 bridgehead atoms. The molecule has 1 aromatic heterocycles. The highest BCUT2D eigenvalue weighted by Gasteiger charge is 2.08. The highest BCUT2D eigenvalue weighted by atomic mass is 19.1. The number of pyridine rings is 1. The van der Waals surface area contributed by atoms with Gasteiger partial charge < -0.3 is 15.5 Å². The van der Waals surface area contributed by atoms with E-state index >= 15 is 0 Å². The van der Waals surface area contributed by atoms with Gasteiger partial charge in [0, 0.05) is 39.6 Å². The third-order valence-electron chi connectivity index (χ3n) is 4.27. The standard InChI is InChI=1S/C21H24FN5/c1-23-21(24-13-15-7-6-8-17(22)11-15)25-14-16-12-20(27(2)3)26-19-10-5-4-9-18(16)19/h4-12H,13-14H2,1-3H3,(H2,23,24,25). The summed E-state index contributed by atoms with van der Waals surface area (Å²) in [6, 6.07) is 16.7. The van der Waals surface area contributed by atoms with Crippen LogP contribution in [0.2, 0.25) is 0 Å². The second kappa shape index (κ2) is 8.49. The molecule has 2 aromatic carbocycles. The number of benzene rings is 2. The van der Waals surface area contributed by atoms with Crippen molar-refractivity contribution in [1.29, 1.82) is 0 Å². The molecule has 27 heavy (non-hydrogen) atoms. The fourth-order valence-electron chi connectivity index (χ4n) is 2.84. The molecule has 2 N–H and O–H groups in total. The summed E-state index contributed by atoms with van der Waals surface area (Å²) >= 11 is 0. The van der Waals surface area contributed by atoms with E-state index in [9.17, 15) is 4.39 Å². The van der Waals surface area contributed by atoms with Crippen LogP contribution in [0, 0.1) is 5.82 Å². The zero-order valence-corrected chi connectivity index (χ0v) is 15.8. The van der Waals surface area contributed by atoms with Gasteiger partial charge in [-0.3, -0.25) is 4.99 Å². The molecule has 3 aromatic rings. The number of hydrogen-bond donors (Lipinski definition) is 2. The highest BCUT2D eigenvalue weighted by molar-refractivity contribution is 5.85. The lowest BCUT2D eigenvalue weighted by atomic mass is 10.1. The van der Waals surface area contributed by atoms with Crippen molar-refractivity contribution < 1.29 is 4.39 Å². The summed E-state index contributed by atoms with van der Waals surface area (Å²) in [6.45, 7) is 1.10. The molecule has 0 aliphatic heterocycles. The maximum atomic E-state index is 13.3. The second-order valence-corrected chi connectivity index (χ2v) is 6.46.